The largest absolute Gasteiger partial charge is 0.390 e. The minimum absolute atomic E-state index is 0.0336. The van der Waals surface area contributed by atoms with E-state index in [0.29, 0.717) is 12.0 Å². The average molecular weight is 396 g/mol. The van der Waals surface area contributed by atoms with E-state index in [4.69, 9.17) is 0 Å². The number of fused-ring (bicyclic) bond motifs is 5. The molecule has 156 valence electrons. The van der Waals surface area contributed by atoms with Crippen LogP contribution in [-0.2, 0) is 9.59 Å². The van der Waals surface area contributed by atoms with Crippen molar-refractivity contribution in [2.24, 2.45) is 22.7 Å². The first kappa shape index (κ1) is 20.1. The zero-order chi connectivity index (χ0) is 20.7. The Labute approximate surface area is 163 Å². The summed E-state index contributed by atoms with van der Waals surface area (Å²) in [4.78, 5) is 24.3. The van der Waals surface area contributed by atoms with Gasteiger partial charge in [-0.15, -0.1) is 0 Å². The number of aliphatic hydroxyl groups excluding tert-OH is 3. The lowest BCUT2D eigenvalue weighted by molar-refractivity contribution is -0.234. The molecular formula is C21H29FO6. The van der Waals surface area contributed by atoms with E-state index >= 15 is 4.39 Å². The predicted octanol–water partition coefficient (Wildman–Crippen LogP) is 0.844. The normalized spacial score (nSPS) is 53.1. The highest BCUT2D eigenvalue weighted by Crippen LogP contribution is 2.70. The second kappa shape index (κ2) is 5.94. The summed E-state index contributed by atoms with van der Waals surface area (Å²) in [6, 6.07) is 0. The molecule has 3 saturated carbocycles. The van der Waals surface area contributed by atoms with Crippen LogP contribution in [0, 0.1) is 22.7 Å². The first-order valence-corrected chi connectivity index (χ1v) is 10.1. The molecule has 0 heterocycles. The molecule has 7 heteroatoms. The summed E-state index contributed by atoms with van der Waals surface area (Å²) in [5.74, 6) is -2.03. The summed E-state index contributed by atoms with van der Waals surface area (Å²) in [7, 11) is 0. The fraction of sp³-hybridized carbons (Fsp3) is 0.810. The van der Waals surface area contributed by atoms with Crippen LogP contribution < -0.4 is 0 Å². The summed E-state index contributed by atoms with van der Waals surface area (Å²) in [5, 5.41) is 42.3. The molecule has 0 saturated heterocycles. The molecule has 0 amide bonds. The summed E-state index contributed by atoms with van der Waals surface area (Å²) in [6.45, 7) is 2.55. The molecular weight excluding hydrogens is 367 g/mol. The lowest BCUT2D eigenvalue weighted by Crippen LogP contribution is -2.71. The Morgan fingerprint density at radius 3 is 2.57 bits per heavy atom. The Morgan fingerprint density at radius 2 is 1.93 bits per heavy atom. The summed E-state index contributed by atoms with van der Waals surface area (Å²) in [5.41, 5.74) is -5.79. The first-order valence-electron chi connectivity index (χ1n) is 10.1. The van der Waals surface area contributed by atoms with E-state index in [9.17, 15) is 30.0 Å². The molecule has 0 aliphatic heterocycles. The van der Waals surface area contributed by atoms with Crippen LogP contribution in [-0.4, -0.2) is 62.1 Å². The van der Waals surface area contributed by atoms with Crippen molar-refractivity contribution in [1.29, 1.82) is 0 Å². The van der Waals surface area contributed by atoms with Gasteiger partial charge in [0, 0.05) is 23.2 Å². The molecule has 4 N–H and O–H groups in total. The zero-order valence-electron chi connectivity index (χ0n) is 16.3. The van der Waals surface area contributed by atoms with Crippen molar-refractivity contribution in [3.63, 3.8) is 0 Å². The molecule has 0 bridgehead atoms. The van der Waals surface area contributed by atoms with Crippen LogP contribution in [0.2, 0.25) is 0 Å². The molecule has 0 spiro atoms. The van der Waals surface area contributed by atoms with Gasteiger partial charge in [0.25, 0.3) is 0 Å². The van der Waals surface area contributed by atoms with E-state index in [-0.39, 0.29) is 37.9 Å². The Morgan fingerprint density at radius 1 is 1.25 bits per heavy atom. The third-order valence-electron chi connectivity index (χ3n) is 8.82. The highest BCUT2D eigenvalue weighted by molar-refractivity contribution is 5.92. The highest BCUT2D eigenvalue weighted by Gasteiger charge is 2.75. The maximum atomic E-state index is 16.8. The Hall–Kier alpha value is -1.15. The molecule has 6 nitrogen and oxygen atoms in total. The van der Waals surface area contributed by atoms with Crippen molar-refractivity contribution in [1.82, 2.24) is 0 Å². The molecule has 0 aromatic rings. The van der Waals surface area contributed by atoms with Crippen LogP contribution in [0.1, 0.15) is 52.4 Å². The second-order valence-electron chi connectivity index (χ2n) is 9.75. The van der Waals surface area contributed by atoms with Gasteiger partial charge in [0.2, 0.25) is 0 Å². The van der Waals surface area contributed by atoms with Gasteiger partial charge in [-0.3, -0.25) is 9.59 Å². The molecule has 3 fully saturated rings. The number of hydrogen-bond acceptors (Lipinski definition) is 6. The van der Waals surface area contributed by atoms with Crippen molar-refractivity contribution in [3.8, 4) is 0 Å². The monoisotopic (exact) mass is 396 g/mol. The number of alkyl halides is 1. The average Bonchev–Trinajstić information content (AvgIpc) is 2.91. The van der Waals surface area contributed by atoms with Gasteiger partial charge in [0.05, 0.1) is 12.2 Å². The van der Waals surface area contributed by atoms with Gasteiger partial charge < -0.3 is 20.4 Å². The van der Waals surface area contributed by atoms with Gasteiger partial charge in [-0.2, -0.15) is 0 Å². The van der Waals surface area contributed by atoms with Crippen LogP contribution >= 0.6 is 0 Å². The Kier molecular flexibility index (Phi) is 4.27. The van der Waals surface area contributed by atoms with Crippen molar-refractivity contribution in [3.05, 3.63) is 11.6 Å². The fourth-order valence-electron chi connectivity index (χ4n) is 7.20. The van der Waals surface area contributed by atoms with Gasteiger partial charge in [0.15, 0.2) is 11.6 Å². The molecule has 0 aromatic heterocycles. The SMILES string of the molecule is C[C@]12CCC(=O)C=C1[C@H](O)C[C@H]1[C@@H]3CC[C@](O)(C(=O)CO)[C@@]3(C)C[C@H](O)[C@@]12F. The topological polar surface area (TPSA) is 115 Å². The highest BCUT2D eigenvalue weighted by atomic mass is 19.1. The number of halogens is 1. The van der Waals surface area contributed by atoms with E-state index in [2.05, 4.69) is 0 Å². The zero-order valence-corrected chi connectivity index (χ0v) is 16.3. The summed E-state index contributed by atoms with van der Waals surface area (Å²) < 4.78 is 16.8. The fourth-order valence-corrected chi connectivity index (χ4v) is 7.20. The van der Waals surface area contributed by atoms with E-state index in [1.54, 1.807) is 13.8 Å². The standard InChI is InChI=1S/C21H29FO6/c1-18-5-3-11(24)7-14(18)15(25)8-13-12-4-6-20(28,17(27)10-23)19(12,2)9-16(26)21(13,18)22/h7,12-13,15-16,23,25-26,28H,3-6,8-10H2,1-2H3/t12-,13-,15+,16-,18-,19-,20-,21-/m0/s1. The molecule has 4 rings (SSSR count). The van der Waals surface area contributed by atoms with Crippen LogP contribution in [0.25, 0.3) is 0 Å². The number of ketones is 2. The van der Waals surface area contributed by atoms with Crippen molar-refractivity contribution in [2.45, 2.75) is 75.9 Å². The molecule has 0 radical (unpaired) electrons. The lowest BCUT2D eigenvalue weighted by Gasteiger charge is -2.64. The maximum Gasteiger partial charge on any atom is 0.190 e. The van der Waals surface area contributed by atoms with E-state index in [0.717, 1.165) is 0 Å². The molecule has 0 unspecified atom stereocenters. The quantitative estimate of drug-likeness (QED) is 0.550. The van der Waals surface area contributed by atoms with Gasteiger partial charge in [-0.25, -0.2) is 4.39 Å². The third-order valence-corrected chi connectivity index (χ3v) is 8.82. The second-order valence-corrected chi connectivity index (χ2v) is 9.75. The van der Waals surface area contributed by atoms with Gasteiger partial charge in [0.1, 0.15) is 17.9 Å². The molecule has 4 aliphatic rings. The summed E-state index contributed by atoms with van der Waals surface area (Å²) >= 11 is 0. The smallest absolute Gasteiger partial charge is 0.190 e. The van der Waals surface area contributed by atoms with Crippen LogP contribution in [0.4, 0.5) is 4.39 Å². The van der Waals surface area contributed by atoms with E-state index in [1.165, 1.54) is 6.08 Å². The number of rotatable bonds is 2. The third kappa shape index (κ3) is 2.11. The minimum atomic E-state index is -2.06. The lowest BCUT2D eigenvalue weighted by atomic mass is 9.43. The van der Waals surface area contributed by atoms with Crippen molar-refractivity contribution in [2.75, 3.05) is 6.61 Å². The van der Waals surface area contributed by atoms with Crippen LogP contribution in [0.5, 0.6) is 0 Å². The molecule has 28 heavy (non-hydrogen) atoms. The number of aliphatic hydroxyl groups is 4. The molecule has 4 aliphatic carbocycles. The number of hydrogen-bond donors (Lipinski definition) is 4. The number of Topliss-reactive ketones (excluding diaryl/α,β-unsaturated/α-hetero) is 1. The van der Waals surface area contributed by atoms with Gasteiger partial charge in [-0.05, 0) is 49.7 Å². The van der Waals surface area contributed by atoms with Crippen LogP contribution in [0.15, 0.2) is 11.6 Å². The Bertz CT molecular complexity index is 766. The maximum absolute atomic E-state index is 16.8. The van der Waals surface area contributed by atoms with Gasteiger partial charge in [-0.1, -0.05) is 13.8 Å². The minimum Gasteiger partial charge on any atom is -0.390 e. The number of carbonyl (C=O) groups excluding carboxylic acids is 2. The van der Waals surface area contributed by atoms with Crippen molar-refractivity contribution >= 4 is 11.6 Å². The molecule has 0 aromatic carbocycles. The van der Waals surface area contributed by atoms with E-state index in [1.807, 2.05) is 0 Å². The predicted molar refractivity (Wildman–Crippen MR) is 96.9 cm³/mol. The number of carbonyl (C=O) groups is 2. The Balaban J connectivity index is 1.83. The molecule has 8 atom stereocenters. The van der Waals surface area contributed by atoms with Crippen LogP contribution in [0.3, 0.4) is 0 Å². The first-order chi connectivity index (χ1) is 13.0. The summed E-state index contributed by atoms with van der Waals surface area (Å²) in [6.07, 6.45) is -0.347. The van der Waals surface area contributed by atoms with E-state index < -0.39 is 58.5 Å². The van der Waals surface area contributed by atoms with Crippen molar-refractivity contribution < 1.29 is 34.4 Å². The van der Waals surface area contributed by atoms with Gasteiger partial charge >= 0.3 is 0 Å².